The average molecular weight is 470 g/mol. The van der Waals surface area contributed by atoms with Gasteiger partial charge in [-0.1, -0.05) is 60.7 Å². The van der Waals surface area contributed by atoms with Crippen LogP contribution in [0.25, 0.3) is 10.8 Å². The van der Waals surface area contributed by atoms with Gasteiger partial charge in [-0.2, -0.15) is 0 Å². The predicted octanol–water partition coefficient (Wildman–Crippen LogP) is 4.96. The van der Waals surface area contributed by atoms with Gasteiger partial charge in [0.25, 0.3) is 5.69 Å². The van der Waals surface area contributed by atoms with Crippen LogP contribution in [0.3, 0.4) is 0 Å². The zero-order valence-electron chi connectivity index (χ0n) is 18.8. The average Bonchev–Trinajstić information content (AvgIpc) is 2.87. The molecule has 1 atom stereocenters. The lowest BCUT2D eigenvalue weighted by Crippen LogP contribution is -2.28. The lowest BCUT2D eigenvalue weighted by Gasteiger charge is -2.23. The molecule has 4 rings (SSSR count). The summed E-state index contributed by atoms with van der Waals surface area (Å²) in [4.78, 5) is 35.7. The third kappa shape index (κ3) is 5.62. The molecular weight excluding hydrogens is 448 g/mol. The first-order chi connectivity index (χ1) is 16.9. The van der Waals surface area contributed by atoms with E-state index in [0.29, 0.717) is 16.9 Å². The Morgan fingerprint density at radius 2 is 1.69 bits per heavy atom. The number of hydrogen-bond donors (Lipinski definition) is 1. The molecule has 4 aromatic rings. The van der Waals surface area contributed by atoms with Crippen LogP contribution in [0.15, 0.2) is 91.0 Å². The fraction of sp³-hybridized carbons (Fsp3) is 0.111. The molecule has 176 valence electrons. The van der Waals surface area contributed by atoms with Crippen LogP contribution < -0.4 is 14.8 Å². The van der Waals surface area contributed by atoms with Gasteiger partial charge in [-0.05, 0) is 34.5 Å². The SMILES string of the molecule is CC(=O)N[C@@H](c1cccc([N+](=O)[O-])c1)c1c(OC(=O)COc2ccccc2)ccc2ccccc12. The highest BCUT2D eigenvalue weighted by Crippen LogP contribution is 2.37. The molecule has 0 saturated heterocycles. The molecule has 0 heterocycles. The Morgan fingerprint density at radius 3 is 2.43 bits per heavy atom. The second-order valence-electron chi connectivity index (χ2n) is 7.76. The van der Waals surface area contributed by atoms with Gasteiger partial charge in [0.15, 0.2) is 6.61 Å². The van der Waals surface area contributed by atoms with Gasteiger partial charge in [0.05, 0.1) is 11.0 Å². The van der Waals surface area contributed by atoms with Crippen molar-refractivity contribution in [2.24, 2.45) is 0 Å². The predicted molar refractivity (Wildman–Crippen MR) is 130 cm³/mol. The van der Waals surface area contributed by atoms with E-state index in [1.165, 1.54) is 19.1 Å². The van der Waals surface area contributed by atoms with Crippen molar-refractivity contribution in [3.63, 3.8) is 0 Å². The molecule has 4 aromatic carbocycles. The molecule has 0 saturated carbocycles. The molecule has 8 heteroatoms. The fourth-order valence-corrected chi connectivity index (χ4v) is 3.82. The van der Waals surface area contributed by atoms with Crippen molar-refractivity contribution in [3.05, 3.63) is 112 Å². The summed E-state index contributed by atoms with van der Waals surface area (Å²) in [5, 5.41) is 15.8. The smallest absolute Gasteiger partial charge is 0.349 e. The number of para-hydroxylation sites is 1. The summed E-state index contributed by atoms with van der Waals surface area (Å²) in [6.07, 6.45) is 0. The number of benzene rings is 4. The summed E-state index contributed by atoms with van der Waals surface area (Å²) >= 11 is 0. The van der Waals surface area contributed by atoms with Gasteiger partial charge in [0, 0.05) is 24.6 Å². The first kappa shape index (κ1) is 23.4. The van der Waals surface area contributed by atoms with Gasteiger partial charge in [0.1, 0.15) is 11.5 Å². The van der Waals surface area contributed by atoms with E-state index in [1.54, 1.807) is 48.5 Å². The third-order valence-corrected chi connectivity index (χ3v) is 5.31. The van der Waals surface area contributed by atoms with Gasteiger partial charge in [-0.3, -0.25) is 14.9 Å². The zero-order chi connectivity index (χ0) is 24.8. The molecule has 0 spiro atoms. The van der Waals surface area contributed by atoms with Crippen LogP contribution in [-0.2, 0) is 9.59 Å². The maximum Gasteiger partial charge on any atom is 0.349 e. The van der Waals surface area contributed by atoms with Crippen molar-refractivity contribution >= 4 is 28.3 Å². The van der Waals surface area contributed by atoms with Crippen molar-refractivity contribution in [2.45, 2.75) is 13.0 Å². The number of esters is 1. The van der Waals surface area contributed by atoms with E-state index in [-0.39, 0.29) is 24.0 Å². The molecule has 1 amide bonds. The second-order valence-corrected chi connectivity index (χ2v) is 7.76. The van der Waals surface area contributed by atoms with Gasteiger partial charge >= 0.3 is 5.97 Å². The summed E-state index contributed by atoms with van der Waals surface area (Å²) in [6, 6.07) is 24.9. The zero-order valence-corrected chi connectivity index (χ0v) is 18.8. The Kier molecular flexibility index (Phi) is 7.02. The van der Waals surface area contributed by atoms with Crippen LogP contribution in [0.2, 0.25) is 0 Å². The van der Waals surface area contributed by atoms with Crippen molar-refractivity contribution in [1.29, 1.82) is 0 Å². The number of rotatable bonds is 8. The number of ether oxygens (including phenoxy) is 2. The highest BCUT2D eigenvalue weighted by atomic mass is 16.6. The van der Waals surface area contributed by atoms with E-state index < -0.39 is 16.9 Å². The van der Waals surface area contributed by atoms with Crippen molar-refractivity contribution in [1.82, 2.24) is 5.32 Å². The maximum absolute atomic E-state index is 12.7. The third-order valence-electron chi connectivity index (χ3n) is 5.31. The van der Waals surface area contributed by atoms with E-state index in [9.17, 15) is 19.7 Å². The summed E-state index contributed by atoms with van der Waals surface area (Å²) in [6.45, 7) is 1.03. The normalized spacial score (nSPS) is 11.5. The summed E-state index contributed by atoms with van der Waals surface area (Å²) in [5.41, 5.74) is 0.864. The Labute approximate surface area is 201 Å². The highest BCUT2D eigenvalue weighted by molar-refractivity contribution is 5.90. The molecule has 0 aromatic heterocycles. The summed E-state index contributed by atoms with van der Waals surface area (Å²) < 4.78 is 11.2. The van der Waals surface area contributed by atoms with E-state index in [1.807, 2.05) is 30.3 Å². The maximum atomic E-state index is 12.7. The van der Waals surface area contributed by atoms with Crippen molar-refractivity contribution in [2.75, 3.05) is 6.61 Å². The van der Waals surface area contributed by atoms with Gasteiger partial charge in [-0.25, -0.2) is 4.79 Å². The highest BCUT2D eigenvalue weighted by Gasteiger charge is 2.25. The number of nitro benzene ring substituents is 1. The number of nitrogens with one attached hydrogen (secondary N) is 1. The lowest BCUT2D eigenvalue weighted by atomic mass is 9.92. The monoisotopic (exact) mass is 470 g/mol. The first-order valence-electron chi connectivity index (χ1n) is 10.8. The van der Waals surface area contributed by atoms with Crippen LogP contribution in [0.1, 0.15) is 24.1 Å². The van der Waals surface area contributed by atoms with Gasteiger partial charge in [0.2, 0.25) is 5.91 Å². The van der Waals surface area contributed by atoms with Gasteiger partial charge < -0.3 is 14.8 Å². The Morgan fingerprint density at radius 1 is 0.943 bits per heavy atom. The van der Waals surface area contributed by atoms with E-state index in [4.69, 9.17) is 9.47 Å². The fourth-order valence-electron chi connectivity index (χ4n) is 3.82. The van der Waals surface area contributed by atoms with Crippen LogP contribution in [0.4, 0.5) is 5.69 Å². The Bertz CT molecular complexity index is 1390. The van der Waals surface area contributed by atoms with Crippen LogP contribution >= 0.6 is 0 Å². The largest absolute Gasteiger partial charge is 0.482 e. The molecule has 0 unspecified atom stereocenters. The van der Waals surface area contributed by atoms with Crippen LogP contribution in [0.5, 0.6) is 11.5 Å². The van der Waals surface area contributed by atoms with Crippen molar-refractivity contribution in [3.8, 4) is 11.5 Å². The quantitative estimate of drug-likeness (QED) is 0.169. The van der Waals surface area contributed by atoms with E-state index >= 15 is 0 Å². The van der Waals surface area contributed by atoms with Crippen molar-refractivity contribution < 1.29 is 24.0 Å². The number of nitro groups is 1. The minimum absolute atomic E-state index is 0.118. The second kappa shape index (κ2) is 10.5. The molecule has 8 nitrogen and oxygen atoms in total. The van der Waals surface area contributed by atoms with Crippen LogP contribution in [0, 0.1) is 10.1 Å². The molecule has 0 radical (unpaired) electrons. The number of carbonyl (C=O) groups excluding carboxylic acids is 2. The molecule has 0 fully saturated rings. The molecule has 0 aliphatic carbocycles. The van der Waals surface area contributed by atoms with Gasteiger partial charge in [-0.15, -0.1) is 0 Å². The number of carbonyl (C=O) groups is 2. The standard InChI is InChI=1S/C27H22N2O6/c1-18(30)28-27(20-9-7-10-21(16-20)29(32)33)26-23-13-6-5-8-19(23)14-15-24(26)35-25(31)17-34-22-11-3-2-4-12-22/h2-16,27H,17H2,1H3,(H,28,30)/t27-/m0/s1. The number of non-ortho nitro benzene ring substituents is 1. The number of fused-ring (bicyclic) bond motifs is 1. The first-order valence-corrected chi connectivity index (χ1v) is 10.8. The molecule has 0 aliphatic heterocycles. The molecule has 0 aliphatic rings. The minimum Gasteiger partial charge on any atom is -0.482 e. The molecule has 35 heavy (non-hydrogen) atoms. The molecular formula is C27H22N2O6. The van der Waals surface area contributed by atoms with Crippen LogP contribution in [-0.4, -0.2) is 23.4 Å². The molecule has 1 N–H and O–H groups in total. The summed E-state index contributed by atoms with van der Waals surface area (Å²) in [5.74, 6) is -0.239. The minimum atomic E-state index is -0.809. The number of hydrogen-bond acceptors (Lipinski definition) is 6. The Balaban J connectivity index is 1.76. The summed E-state index contributed by atoms with van der Waals surface area (Å²) in [7, 11) is 0. The van der Waals surface area contributed by atoms with E-state index in [2.05, 4.69) is 5.32 Å². The Hall–Kier alpha value is -4.72. The number of nitrogens with zero attached hydrogens (tertiary/aromatic N) is 1. The van der Waals surface area contributed by atoms with E-state index in [0.717, 1.165) is 10.8 Å². The molecule has 0 bridgehead atoms. The number of amides is 1. The lowest BCUT2D eigenvalue weighted by molar-refractivity contribution is -0.384. The topological polar surface area (TPSA) is 108 Å².